The summed E-state index contributed by atoms with van der Waals surface area (Å²) in [5, 5.41) is 0. The molecule has 1 atom stereocenters. The quantitative estimate of drug-likeness (QED) is 0.577. The molecule has 0 saturated heterocycles. The lowest BCUT2D eigenvalue weighted by atomic mass is 10.2. The molecule has 0 heterocycles. The van der Waals surface area contributed by atoms with Gasteiger partial charge in [0.1, 0.15) is 6.23 Å². The summed E-state index contributed by atoms with van der Waals surface area (Å²) in [5.41, 5.74) is -0.0901. The topological polar surface area (TPSA) is 21.6 Å². The predicted octanol–water partition coefficient (Wildman–Crippen LogP) is 2.63. The molecule has 0 saturated carbocycles. The van der Waals surface area contributed by atoms with Crippen molar-refractivity contribution in [1.82, 2.24) is 0 Å². The molecule has 0 aromatic carbocycles. The maximum atomic E-state index is 5.63. The average Bonchev–Trinajstić information content (AvgIpc) is 1.84. The van der Waals surface area contributed by atoms with E-state index in [1.807, 2.05) is 27.7 Å². The molecule has 0 bridgehead atoms. The minimum atomic E-state index is -0.0901. The van der Waals surface area contributed by atoms with Crippen LogP contribution in [0.15, 0.2) is 4.99 Å². The Morgan fingerprint density at radius 3 is 2.27 bits per heavy atom. The highest BCUT2D eigenvalue weighted by atomic mass is 16.5. The first-order valence-electron chi connectivity index (χ1n) is 4.15. The van der Waals surface area contributed by atoms with Crippen molar-refractivity contribution in [1.29, 1.82) is 0 Å². The van der Waals surface area contributed by atoms with E-state index in [1.54, 1.807) is 6.21 Å². The lowest BCUT2D eigenvalue weighted by Gasteiger charge is -2.23. The van der Waals surface area contributed by atoms with Gasteiger partial charge in [0, 0.05) is 0 Å². The first kappa shape index (κ1) is 10.6. The second-order valence-electron chi connectivity index (χ2n) is 3.50. The number of hydrogen-bond donors (Lipinski definition) is 0. The van der Waals surface area contributed by atoms with Gasteiger partial charge in [0.25, 0.3) is 0 Å². The van der Waals surface area contributed by atoms with Crippen LogP contribution in [0, 0.1) is 0 Å². The molecular formula is C9H19NO. The van der Waals surface area contributed by atoms with Crippen molar-refractivity contribution >= 4 is 6.21 Å². The summed E-state index contributed by atoms with van der Waals surface area (Å²) in [5.74, 6) is 0. The molecule has 0 aliphatic rings. The minimum absolute atomic E-state index is 0.0278. The van der Waals surface area contributed by atoms with Crippen LogP contribution in [0.5, 0.6) is 0 Å². The van der Waals surface area contributed by atoms with Gasteiger partial charge in [-0.3, -0.25) is 4.99 Å². The molecule has 0 aromatic heterocycles. The van der Waals surface area contributed by atoms with E-state index in [0.717, 1.165) is 6.42 Å². The second kappa shape index (κ2) is 4.50. The molecular weight excluding hydrogens is 138 g/mol. The zero-order valence-corrected chi connectivity index (χ0v) is 8.22. The van der Waals surface area contributed by atoms with E-state index in [-0.39, 0.29) is 11.8 Å². The molecule has 0 spiro atoms. The maximum absolute atomic E-state index is 5.63. The van der Waals surface area contributed by atoms with Crippen LogP contribution in [0.2, 0.25) is 0 Å². The molecule has 0 amide bonds. The zero-order chi connectivity index (χ0) is 8.91. The average molecular weight is 157 g/mol. The van der Waals surface area contributed by atoms with Crippen LogP contribution < -0.4 is 0 Å². The largest absolute Gasteiger partial charge is 0.351 e. The molecule has 0 N–H and O–H groups in total. The van der Waals surface area contributed by atoms with E-state index in [0.29, 0.717) is 0 Å². The Labute approximate surface area is 69.7 Å². The van der Waals surface area contributed by atoms with Crippen molar-refractivity contribution in [3.8, 4) is 0 Å². The Morgan fingerprint density at radius 1 is 1.45 bits per heavy atom. The number of rotatable bonds is 3. The van der Waals surface area contributed by atoms with Crippen molar-refractivity contribution in [3.05, 3.63) is 0 Å². The molecule has 11 heavy (non-hydrogen) atoms. The van der Waals surface area contributed by atoms with Gasteiger partial charge in [-0.25, -0.2) is 0 Å². The first-order chi connectivity index (χ1) is 4.99. The third-order valence-electron chi connectivity index (χ3n) is 1.15. The van der Waals surface area contributed by atoms with Gasteiger partial charge in [-0.05, 0) is 40.3 Å². The van der Waals surface area contributed by atoms with E-state index in [9.17, 15) is 0 Å². The summed E-state index contributed by atoms with van der Waals surface area (Å²) in [7, 11) is 0. The normalized spacial score (nSPS) is 15.7. The Morgan fingerprint density at radius 2 is 2.00 bits per heavy atom. The van der Waals surface area contributed by atoms with Gasteiger partial charge >= 0.3 is 0 Å². The molecule has 66 valence electrons. The zero-order valence-electron chi connectivity index (χ0n) is 8.22. The molecule has 2 heteroatoms. The highest BCUT2D eigenvalue weighted by Crippen LogP contribution is 2.13. The van der Waals surface area contributed by atoms with Gasteiger partial charge < -0.3 is 4.74 Å². The smallest absolute Gasteiger partial charge is 0.148 e. The molecule has 0 aliphatic carbocycles. The third kappa shape index (κ3) is 6.05. The summed E-state index contributed by atoms with van der Waals surface area (Å²) >= 11 is 0. The standard InChI is InChI=1S/C9H19NO/c1-6-8(10-7-2)11-9(3,4)5/h7-8H,6H2,1-5H3. The SMILES string of the molecule is CC=NC(CC)OC(C)(C)C. The fraction of sp³-hybridized carbons (Fsp3) is 0.889. The van der Waals surface area contributed by atoms with Gasteiger partial charge in [-0.1, -0.05) is 6.92 Å². The van der Waals surface area contributed by atoms with E-state index < -0.39 is 0 Å². The first-order valence-corrected chi connectivity index (χ1v) is 4.15. The molecule has 0 rings (SSSR count). The van der Waals surface area contributed by atoms with E-state index in [4.69, 9.17) is 4.74 Å². The number of nitrogens with zero attached hydrogens (tertiary/aromatic N) is 1. The number of hydrogen-bond acceptors (Lipinski definition) is 2. The minimum Gasteiger partial charge on any atom is -0.351 e. The van der Waals surface area contributed by atoms with Crippen LogP contribution in [-0.2, 0) is 4.74 Å². The summed E-state index contributed by atoms with van der Waals surface area (Å²) in [6.07, 6.45) is 2.75. The van der Waals surface area contributed by atoms with Crippen molar-refractivity contribution in [2.45, 2.75) is 52.9 Å². The van der Waals surface area contributed by atoms with Gasteiger partial charge in [-0.2, -0.15) is 0 Å². The van der Waals surface area contributed by atoms with Crippen molar-refractivity contribution < 1.29 is 4.74 Å². The van der Waals surface area contributed by atoms with Crippen LogP contribution in [0.25, 0.3) is 0 Å². The van der Waals surface area contributed by atoms with E-state index >= 15 is 0 Å². The maximum Gasteiger partial charge on any atom is 0.148 e. The Balaban J connectivity index is 3.88. The Kier molecular flexibility index (Phi) is 4.34. The Hall–Kier alpha value is -0.370. The van der Waals surface area contributed by atoms with Gasteiger partial charge in [0.2, 0.25) is 0 Å². The van der Waals surface area contributed by atoms with Crippen molar-refractivity contribution in [3.63, 3.8) is 0 Å². The van der Waals surface area contributed by atoms with Crippen LogP contribution in [-0.4, -0.2) is 18.0 Å². The molecule has 0 aliphatic heterocycles. The van der Waals surface area contributed by atoms with Gasteiger partial charge in [-0.15, -0.1) is 0 Å². The molecule has 0 fully saturated rings. The molecule has 0 aromatic rings. The van der Waals surface area contributed by atoms with Crippen LogP contribution in [0.4, 0.5) is 0 Å². The van der Waals surface area contributed by atoms with Crippen LogP contribution in [0.3, 0.4) is 0 Å². The fourth-order valence-electron chi connectivity index (χ4n) is 0.794. The van der Waals surface area contributed by atoms with Gasteiger partial charge in [0.15, 0.2) is 0 Å². The summed E-state index contributed by atoms with van der Waals surface area (Å²) in [4.78, 5) is 4.18. The van der Waals surface area contributed by atoms with Crippen LogP contribution >= 0.6 is 0 Å². The third-order valence-corrected chi connectivity index (χ3v) is 1.15. The second-order valence-corrected chi connectivity index (χ2v) is 3.50. The number of ether oxygens (including phenoxy) is 1. The highest BCUT2D eigenvalue weighted by Gasteiger charge is 2.15. The van der Waals surface area contributed by atoms with Crippen LogP contribution in [0.1, 0.15) is 41.0 Å². The predicted molar refractivity (Wildman–Crippen MR) is 49.1 cm³/mol. The molecule has 0 radical (unpaired) electrons. The summed E-state index contributed by atoms with van der Waals surface area (Å²) < 4.78 is 5.63. The number of aliphatic imine (C=N–C) groups is 1. The van der Waals surface area contributed by atoms with Gasteiger partial charge in [0.05, 0.1) is 5.60 Å². The fourth-order valence-corrected chi connectivity index (χ4v) is 0.794. The monoisotopic (exact) mass is 157 g/mol. The Bertz CT molecular complexity index is 124. The van der Waals surface area contributed by atoms with Crippen molar-refractivity contribution in [2.24, 2.45) is 4.99 Å². The van der Waals surface area contributed by atoms with Crippen molar-refractivity contribution in [2.75, 3.05) is 0 Å². The lowest BCUT2D eigenvalue weighted by molar-refractivity contribution is -0.0563. The van der Waals surface area contributed by atoms with E-state index in [1.165, 1.54) is 0 Å². The van der Waals surface area contributed by atoms with E-state index in [2.05, 4.69) is 11.9 Å². The highest BCUT2D eigenvalue weighted by molar-refractivity contribution is 5.53. The molecule has 1 unspecified atom stereocenters. The summed E-state index contributed by atoms with van der Waals surface area (Å²) in [6, 6.07) is 0. The molecule has 2 nitrogen and oxygen atoms in total. The summed E-state index contributed by atoms with van der Waals surface area (Å²) in [6.45, 7) is 10.1. The lowest BCUT2D eigenvalue weighted by Crippen LogP contribution is -2.25.